The van der Waals surface area contributed by atoms with Gasteiger partial charge in [-0.25, -0.2) is 4.18 Å². The zero-order valence-corrected chi connectivity index (χ0v) is 10.2. The molecule has 0 bridgehead atoms. The van der Waals surface area contributed by atoms with E-state index < -0.39 is 16.4 Å². The van der Waals surface area contributed by atoms with E-state index in [1.807, 2.05) is 11.4 Å². The fourth-order valence-electron chi connectivity index (χ4n) is 1.59. The first-order valence-electron chi connectivity index (χ1n) is 4.89. The Balaban J connectivity index is 2.08. The maximum Gasteiger partial charge on any atom is 0.304 e. The molecular weight excluding hydrogens is 260 g/mol. The molecule has 0 fully saturated rings. The summed E-state index contributed by atoms with van der Waals surface area (Å²) < 4.78 is 34.3. The Kier molecular flexibility index (Phi) is 2.43. The summed E-state index contributed by atoms with van der Waals surface area (Å²) in [5, 5.41) is 1.84. The van der Waals surface area contributed by atoms with Crippen LogP contribution in [0, 0.1) is 0 Å². The van der Waals surface area contributed by atoms with Crippen molar-refractivity contribution in [3.63, 3.8) is 0 Å². The van der Waals surface area contributed by atoms with Gasteiger partial charge >= 0.3 is 10.1 Å². The zero-order valence-electron chi connectivity index (χ0n) is 8.57. The van der Waals surface area contributed by atoms with E-state index in [0.29, 0.717) is 5.75 Å². The van der Waals surface area contributed by atoms with Crippen molar-refractivity contribution in [2.75, 3.05) is 0 Å². The Bertz CT molecular complexity index is 631. The number of benzene rings is 1. The van der Waals surface area contributed by atoms with Gasteiger partial charge in [-0.2, -0.15) is 8.42 Å². The molecule has 1 aromatic carbocycles. The summed E-state index contributed by atoms with van der Waals surface area (Å²) in [7, 11) is -3.74. The predicted octanol–water partition coefficient (Wildman–Crippen LogP) is 2.54. The molecule has 0 aliphatic carbocycles. The molecule has 17 heavy (non-hydrogen) atoms. The van der Waals surface area contributed by atoms with Gasteiger partial charge in [0.05, 0.1) is 4.88 Å². The van der Waals surface area contributed by atoms with Crippen LogP contribution in [0.15, 0.2) is 46.7 Å². The number of hydrogen-bond donors (Lipinski definition) is 0. The number of fused-ring (bicyclic) bond motifs is 1. The highest BCUT2D eigenvalue weighted by molar-refractivity contribution is 7.87. The van der Waals surface area contributed by atoms with Crippen molar-refractivity contribution in [1.29, 1.82) is 0 Å². The van der Waals surface area contributed by atoms with Crippen LogP contribution in [0.1, 0.15) is 11.2 Å². The van der Waals surface area contributed by atoms with Gasteiger partial charge in [0.25, 0.3) is 6.29 Å². The molecular formula is C11H8O4S2. The lowest BCUT2D eigenvalue weighted by molar-refractivity contribution is -0.000954. The molecule has 0 saturated carbocycles. The Morgan fingerprint density at radius 1 is 1.12 bits per heavy atom. The van der Waals surface area contributed by atoms with Crippen LogP contribution >= 0.6 is 11.3 Å². The topological polar surface area (TPSA) is 52.6 Å². The Morgan fingerprint density at radius 2 is 1.94 bits per heavy atom. The number of ether oxygens (including phenoxy) is 1. The van der Waals surface area contributed by atoms with Crippen molar-refractivity contribution in [2.24, 2.45) is 0 Å². The maximum atomic E-state index is 11.9. The quantitative estimate of drug-likeness (QED) is 0.746. The third-order valence-corrected chi connectivity index (χ3v) is 4.54. The fraction of sp³-hybridized carbons (Fsp3) is 0.0909. The molecule has 0 saturated heterocycles. The van der Waals surface area contributed by atoms with Gasteiger partial charge in [0.1, 0.15) is 10.6 Å². The van der Waals surface area contributed by atoms with Crippen LogP contribution in [-0.2, 0) is 14.3 Å². The van der Waals surface area contributed by atoms with Gasteiger partial charge in [0.2, 0.25) is 0 Å². The normalized spacial score (nSPS) is 21.5. The summed E-state index contributed by atoms with van der Waals surface area (Å²) in [5.41, 5.74) is 0. The molecule has 2 aromatic rings. The third-order valence-electron chi connectivity index (χ3n) is 2.34. The van der Waals surface area contributed by atoms with Gasteiger partial charge in [0.15, 0.2) is 0 Å². The van der Waals surface area contributed by atoms with Gasteiger partial charge < -0.3 is 4.74 Å². The molecule has 0 N–H and O–H groups in total. The molecule has 3 rings (SSSR count). The van der Waals surface area contributed by atoms with Crippen LogP contribution in [0.4, 0.5) is 0 Å². The monoisotopic (exact) mass is 268 g/mol. The van der Waals surface area contributed by atoms with Crippen molar-refractivity contribution in [1.82, 2.24) is 0 Å². The van der Waals surface area contributed by atoms with E-state index in [9.17, 15) is 8.42 Å². The molecule has 6 heteroatoms. The first-order chi connectivity index (χ1) is 8.17. The minimum Gasteiger partial charge on any atom is -0.457 e. The number of thiophene rings is 1. The smallest absolute Gasteiger partial charge is 0.304 e. The second-order valence-corrected chi connectivity index (χ2v) is 5.98. The Morgan fingerprint density at radius 3 is 2.71 bits per heavy atom. The van der Waals surface area contributed by atoms with Crippen LogP contribution < -0.4 is 4.74 Å². The van der Waals surface area contributed by atoms with Gasteiger partial charge in [-0.1, -0.05) is 18.2 Å². The summed E-state index contributed by atoms with van der Waals surface area (Å²) >= 11 is 1.39. The SMILES string of the molecule is O=S1(=O)OC(c2cccs2)Oc2ccccc21. The van der Waals surface area contributed by atoms with Crippen molar-refractivity contribution < 1.29 is 17.3 Å². The Labute approximate surface area is 103 Å². The summed E-state index contributed by atoms with van der Waals surface area (Å²) in [6, 6.07) is 10.0. The molecule has 1 aliphatic heterocycles. The largest absolute Gasteiger partial charge is 0.457 e. The Hall–Kier alpha value is -1.37. The lowest BCUT2D eigenvalue weighted by Crippen LogP contribution is -2.22. The highest BCUT2D eigenvalue weighted by Crippen LogP contribution is 2.38. The molecule has 2 heterocycles. The van der Waals surface area contributed by atoms with Gasteiger partial charge in [-0.15, -0.1) is 11.3 Å². The zero-order chi connectivity index (χ0) is 11.9. The lowest BCUT2D eigenvalue weighted by Gasteiger charge is -2.24. The fourth-order valence-corrected chi connectivity index (χ4v) is 3.41. The van der Waals surface area contributed by atoms with Crippen molar-refractivity contribution in [2.45, 2.75) is 11.2 Å². The highest BCUT2D eigenvalue weighted by atomic mass is 32.2. The van der Waals surface area contributed by atoms with E-state index >= 15 is 0 Å². The van der Waals surface area contributed by atoms with E-state index in [4.69, 9.17) is 8.92 Å². The first-order valence-corrected chi connectivity index (χ1v) is 7.18. The molecule has 1 atom stereocenters. The van der Waals surface area contributed by atoms with Crippen LogP contribution in [0.2, 0.25) is 0 Å². The standard InChI is InChI=1S/C11H8O4S2/c12-17(13)10-6-2-1-4-8(10)14-11(15-17)9-5-3-7-16-9/h1-7,11H. The average Bonchev–Trinajstić information content (AvgIpc) is 2.81. The maximum absolute atomic E-state index is 11.9. The number of para-hydroxylation sites is 1. The second-order valence-electron chi connectivity index (χ2n) is 3.46. The van der Waals surface area contributed by atoms with Crippen molar-refractivity contribution >= 4 is 21.5 Å². The lowest BCUT2D eigenvalue weighted by atomic mass is 10.3. The number of hydrogen-bond acceptors (Lipinski definition) is 5. The van der Waals surface area contributed by atoms with E-state index in [-0.39, 0.29) is 4.90 Å². The predicted molar refractivity (Wildman–Crippen MR) is 62.4 cm³/mol. The van der Waals surface area contributed by atoms with Crippen molar-refractivity contribution in [3.05, 3.63) is 46.7 Å². The summed E-state index contributed by atoms with van der Waals surface area (Å²) in [6.07, 6.45) is -0.880. The first kappa shape index (κ1) is 10.8. The second kappa shape index (κ2) is 3.83. The molecule has 0 spiro atoms. The molecule has 1 unspecified atom stereocenters. The molecule has 0 amide bonds. The molecule has 4 nitrogen and oxygen atoms in total. The minimum absolute atomic E-state index is 0.0767. The van der Waals surface area contributed by atoms with Crippen LogP contribution in [0.5, 0.6) is 5.75 Å². The van der Waals surface area contributed by atoms with Crippen LogP contribution in [0.3, 0.4) is 0 Å². The van der Waals surface area contributed by atoms with Gasteiger partial charge in [-0.05, 0) is 23.6 Å². The van der Waals surface area contributed by atoms with Crippen LogP contribution in [-0.4, -0.2) is 8.42 Å². The van der Waals surface area contributed by atoms with Crippen LogP contribution in [0.25, 0.3) is 0 Å². The average molecular weight is 268 g/mol. The summed E-state index contributed by atoms with van der Waals surface area (Å²) in [5.74, 6) is 0.331. The summed E-state index contributed by atoms with van der Waals surface area (Å²) in [4.78, 5) is 0.802. The molecule has 0 radical (unpaired) electrons. The summed E-state index contributed by atoms with van der Waals surface area (Å²) in [6.45, 7) is 0. The van der Waals surface area contributed by atoms with Gasteiger partial charge in [-0.3, -0.25) is 0 Å². The van der Waals surface area contributed by atoms with E-state index in [2.05, 4.69) is 0 Å². The minimum atomic E-state index is -3.74. The van der Waals surface area contributed by atoms with Crippen molar-refractivity contribution in [3.8, 4) is 5.75 Å². The van der Waals surface area contributed by atoms with E-state index in [1.165, 1.54) is 17.4 Å². The van der Waals surface area contributed by atoms with E-state index in [1.54, 1.807) is 24.3 Å². The van der Waals surface area contributed by atoms with Gasteiger partial charge in [0, 0.05) is 0 Å². The molecule has 88 valence electrons. The number of rotatable bonds is 1. The molecule has 1 aromatic heterocycles. The van der Waals surface area contributed by atoms with E-state index in [0.717, 1.165) is 4.88 Å². The molecule has 1 aliphatic rings. The third kappa shape index (κ3) is 1.84. The highest BCUT2D eigenvalue weighted by Gasteiger charge is 2.33.